The third kappa shape index (κ3) is 5.99. The zero-order valence-electron chi connectivity index (χ0n) is 19.8. The molecule has 180 valence electrons. The number of rotatable bonds is 2. The number of hydrogen-bond acceptors (Lipinski definition) is 5. The monoisotopic (exact) mass is 449 g/mol. The summed E-state index contributed by atoms with van der Waals surface area (Å²) < 4.78 is 0. The summed E-state index contributed by atoms with van der Waals surface area (Å²) in [7, 11) is 3.51. The Bertz CT molecular complexity index is 717. The number of amides is 4. The maximum atomic E-state index is 13.2. The second-order valence-corrected chi connectivity index (χ2v) is 9.96. The SMILES string of the molecule is CC(=O)N1CC[C@H]2NC(=O)CNC(=O)C3(CCCC[C@H]2C1)CCN(CC(=O)N(C)C)CC3. The van der Waals surface area contributed by atoms with E-state index < -0.39 is 5.41 Å². The molecular formula is C23H39N5O4. The number of carbonyl (C=O) groups excluding carboxylic acids is 4. The zero-order valence-corrected chi connectivity index (χ0v) is 19.8. The van der Waals surface area contributed by atoms with Gasteiger partial charge in [-0.25, -0.2) is 0 Å². The molecule has 3 aliphatic rings. The molecule has 0 aromatic heterocycles. The number of likely N-dealkylation sites (tertiary alicyclic amines) is 2. The minimum absolute atomic E-state index is 0.0109. The smallest absolute Gasteiger partial charge is 0.239 e. The van der Waals surface area contributed by atoms with Crippen molar-refractivity contribution in [3.8, 4) is 0 Å². The summed E-state index contributed by atoms with van der Waals surface area (Å²) in [5.41, 5.74) is -0.478. The molecule has 0 unspecified atom stereocenters. The fraction of sp³-hybridized carbons (Fsp3) is 0.826. The molecule has 2 atom stereocenters. The third-order valence-electron chi connectivity index (χ3n) is 7.57. The van der Waals surface area contributed by atoms with Gasteiger partial charge in [0.2, 0.25) is 23.6 Å². The van der Waals surface area contributed by atoms with Crippen molar-refractivity contribution in [2.75, 3.05) is 53.4 Å². The van der Waals surface area contributed by atoms with Crippen LogP contribution < -0.4 is 10.6 Å². The van der Waals surface area contributed by atoms with Crippen molar-refractivity contribution in [1.82, 2.24) is 25.3 Å². The van der Waals surface area contributed by atoms with Gasteiger partial charge in [-0.15, -0.1) is 0 Å². The fourth-order valence-electron chi connectivity index (χ4n) is 5.34. The van der Waals surface area contributed by atoms with Crippen LogP contribution in [0, 0.1) is 11.3 Å². The highest BCUT2D eigenvalue weighted by molar-refractivity contribution is 5.88. The lowest BCUT2D eigenvalue weighted by Crippen LogP contribution is -2.55. The van der Waals surface area contributed by atoms with Crippen LogP contribution in [0.25, 0.3) is 0 Å². The van der Waals surface area contributed by atoms with Crippen LogP contribution in [0.5, 0.6) is 0 Å². The second kappa shape index (κ2) is 10.6. The molecule has 0 aromatic rings. The average molecular weight is 450 g/mol. The zero-order chi connectivity index (χ0) is 23.3. The van der Waals surface area contributed by atoms with E-state index in [1.54, 1.807) is 25.9 Å². The van der Waals surface area contributed by atoms with Crippen molar-refractivity contribution in [1.29, 1.82) is 0 Å². The molecule has 9 heteroatoms. The molecule has 0 saturated carbocycles. The van der Waals surface area contributed by atoms with Crippen LogP contribution in [0.1, 0.15) is 51.9 Å². The van der Waals surface area contributed by atoms with Crippen molar-refractivity contribution in [2.24, 2.45) is 11.3 Å². The molecule has 0 aromatic carbocycles. The van der Waals surface area contributed by atoms with Gasteiger partial charge in [-0.05, 0) is 51.1 Å². The Labute approximate surface area is 191 Å². The van der Waals surface area contributed by atoms with Gasteiger partial charge in [-0.2, -0.15) is 0 Å². The first-order valence-corrected chi connectivity index (χ1v) is 12.0. The summed E-state index contributed by atoms with van der Waals surface area (Å²) in [5, 5.41) is 6.00. The number of nitrogens with zero attached hydrogens (tertiary/aromatic N) is 3. The highest BCUT2D eigenvalue weighted by Gasteiger charge is 2.41. The normalized spacial score (nSPS) is 27.4. The van der Waals surface area contributed by atoms with Crippen LogP contribution in [0.2, 0.25) is 0 Å². The van der Waals surface area contributed by atoms with E-state index in [0.717, 1.165) is 32.1 Å². The Kier molecular flexibility index (Phi) is 8.14. The van der Waals surface area contributed by atoms with Crippen LogP contribution in [0.3, 0.4) is 0 Å². The number of piperidine rings is 2. The molecule has 0 aliphatic carbocycles. The van der Waals surface area contributed by atoms with E-state index >= 15 is 0 Å². The molecular weight excluding hydrogens is 410 g/mol. The maximum absolute atomic E-state index is 13.2. The number of likely N-dealkylation sites (N-methyl/N-ethyl adjacent to an activating group) is 1. The van der Waals surface area contributed by atoms with E-state index in [4.69, 9.17) is 0 Å². The third-order valence-corrected chi connectivity index (χ3v) is 7.57. The molecule has 1 spiro atoms. The van der Waals surface area contributed by atoms with Gasteiger partial charge in [0, 0.05) is 40.2 Å². The van der Waals surface area contributed by atoms with Crippen molar-refractivity contribution in [2.45, 2.75) is 57.9 Å². The van der Waals surface area contributed by atoms with Gasteiger partial charge in [-0.1, -0.05) is 12.8 Å². The molecule has 2 N–H and O–H groups in total. The minimum atomic E-state index is -0.478. The number of fused-ring (bicyclic) bond motifs is 1. The quantitative estimate of drug-likeness (QED) is 0.627. The maximum Gasteiger partial charge on any atom is 0.239 e. The van der Waals surface area contributed by atoms with Gasteiger partial charge >= 0.3 is 0 Å². The topological polar surface area (TPSA) is 102 Å². The first-order valence-electron chi connectivity index (χ1n) is 12.0. The highest BCUT2D eigenvalue weighted by Crippen LogP contribution is 2.38. The Morgan fingerprint density at radius 2 is 1.78 bits per heavy atom. The van der Waals surface area contributed by atoms with E-state index in [1.165, 1.54) is 0 Å². The number of carbonyl (C=O) groups is 4. The summed E-state index contributed by atoms with van der Waals surface area (Å²) in [6.07, 6.45) is 5.81. The van der Waals surface area contributed by atoms with Gasteiger partial charge in [0.1, 0.15) is 0 Å². The first kappa shape index (κ1) is 24.5. The lowest BCUT2D eigenvalue weighted by atomic mass is 9.73. The van der Waals surface area contributed by atoms with Gasteiger partial charge in [0.25, 0.3) is 0 Å². The molecule has 9 nitrogen and oxygen atoms in total. The summed E-state index contributed by atoms with van der Waals surface area (Å²) >= 11 is 0. The van der Waals surface area contributed by atoms with Crippen LogP contribution >= 0.6 is 0 Å². The number of nitrogens with one attached hydrogen (secondary N) is 2. The summed E-state index contributed by atoms with van der Waals surface area (Å²) in [6.45, 7) is 4.73. The van der Waals surface area contributed by atoms with Crippen LogP contribution in [-0.4, -0.2) is 97.7 Å². The highest BCUT2D eigenvalue weighted by atomic mass is 16.2. The minimum Gasteiger partial charge on any atom is -0.351 e. The van der Waals surface area contributed by atoms with Crippen LogP contribution in [0.4, 0.5) is 0 Å². The summed E-state index contributed by atoms with van der Waals surface area (Å²) in [4.78, 5) is 55.2. The van der Waals surface area contributed by atoms with Crippen molar-refractivity contribution < 1.29 is 19.2 Å². The van der Waals surface area contributed by atoms with E-state index in [9.17, 15) is 19.2 Å². The average Bonchev–Trinajstić information content (AvgIpc) is 2.76. The molecule has 3 rings (SSSR count). The van der Waals surface area contributed by atoms with Crippen LogP contribution in [-0.2, 0) is 19.2 Å². The Hall–Kier alpha value is -2.16. The van der Waals surface area contributed by atoms with Crippen LogP contribution in [0.15, 0.2) is 0 Å². The molecule has 3 aliphatic heterocycles. The van der Waals surface area contributed by atoms with E-state index in [2.05, 4.69) is 15.5 Å². The summed E-state index contributed by atoms with van der Waals surface area (Å²) in [6, 6.07) is 0.0564. The molecule has 32 heavy (non-hydrogen) atoms. The Balaban J connectivity index is 1.63. The summed E-state index contributed by atoms with van der Waals surface area (Å²) in [5.74, 6) is 0.222. The predicted molar refractivity (Wildman–Crippen MR) is 121 cm³/mol. The second-order valence-electron chi connectivity index (χ2n) is 9.96. The molecule has 3 saturated heterocycles. The molecule has 4 amide bonds. The van der Waals surface area contributed by atoms with E-state index in [-0.39, 0.29) is 42.1 Å². The largest absolute Gasteiger partial charge is 0.351 e. The Morgan fingerprint density at radius 3 is 2.44 bits per heavy atom. The van der Waals surface area contributed by atoms with Crippen molar-refractivity contribution in [3.05, 3.63) is 0 Å². The van der Waals surface area contributed by atoms with E-state index in [1.807, 2.05) is 4.90 Å². The van der Waals surface area contributed by atoms with Gasteiger partial charge in [-0.3, -0.25) is 24.1 Å². The molecule has 0 bridgehead atoms. The van der Waals surface area contributed by atoms with Gasteiger partial charge in [0.15, 0.2) is 0 Å². The van der Waals surface area contributed by atoms with Gasteiger partial charge < -0.3 is 20.4 Å². The lowest BCUT2D eigenvalue weighted by Gasteiger charge is -2.42. The Morgan fingerprint density at radius 1 is 1.06 bits per heavy atom. The van der Waals surface area contributed by atoms with Crippen molar-refractivity contribution in [3.63, 3.8) is 0 Å². The number of hydrogen-bond donors (Lipinski definition) is 2. The molecule has 3 fully saturated rings. The molecule has 3 heterocycles. The predicted octanol–water partition coefficient (Wildman–Crippen LogP) is 0.200. The fourth-order valence-corrected chi connectivity index (χ4v) is 5.34. The molecule has 0 radical (unpaired) electrons. The van der Waals surface area contributed by atoms with Gasteiger partial charge in [0.05, 0.1) is 18.5 Å². The van der Waals surface area contributed by atoms with Crippen molar-refractivity contribution >= 4 is 23.6 Å². The van der Waals surface area contributed by atoms with E-state index in [0.29, 0.717) is 45.6 Å². The lowest BCUT2D eigenvalue weighted by molar-refractivity contribution is -0.138. The standard InChI is InChI=1S/C23H39N5O4/c1-17(29)28-11-7-19-18(15-28)6-4-5-8-23(22(32)24-14-20(30)25-19)9-12-27(13-10-23)16-21(31)26(2)3/h18-19H,4-16H2,1-3H3,(H,24,32)(H,25,30)/t18-,19+/m0/s1. The first-order chi connectivity index (χ1) is 15.2.